The van der Waals surface area contributed by atoms with Gasteiger partial charge in [-0.1, -0.05) is 195 Å². The number of carbonyl (C=O) groups is 4. The molecule has 0 heterocycles. The first-order valence-electron chi connectivity index (χ1n) is 29.8. The summed E-state index contributed by atoms with van der Waals surface area (Å²) in [4.78, 5) is 53.1. The summed E-state index contributed by atoms with van der Waals surface area (Å²) in [5.41, 5.74) is 12.0. The van der Waals surface area contributed by atoms with Gasteiger partial charge in [0.05, 0.1) is 10.8 Å². The van der Waals surface area contributed by atoms with Crippen molar-refractivity contribution in [1.29, 1.82) is 0 Å². The van der Waals surface area contributed by atoms with E-state index in [4.69, 9.17) is 18.9 Å². The SMILES string of the molecule is C=C(C)C(=O)Oc1ccc(C2(c3ccc(OC(=O)/C(C)=C/C=C(\C)C(=O)Oc4ccc(C5(c6ccc(OC(=O)C(=C)C)cc6)c6cc7ccccc7cc6-c6ccc7ccccc7c65)cc4)cc3)c3cc4ccccc4cc3-c3c2ccc2ccccc32)cc1. The fraction of sp³-hybridized carbons (Fsp3) is 0.0732. The van der Waals surface area contributed by atoms with Gasteiger partial charge in [-0.15, -0.1) is 0 Å². The van der Waals surface area contributed by atoms with Crippen LogP contribution in [0.2, 0.25) is 0 Å². The van der Waals surface area contributed by atoms with Crippen LogP contribution in [0.15, 0.2) is 290 Å². The summed E-state index contributed by atoms with van der Waals surface area (Å²) in [6.07, 6.45) is 3.11. The lowest BCUT2D eigenvalue weighted by Crippen LogP contribution is -2.29. The predicted molar refractivity (Wildman–Crippen MR) is 357 cm³/mol. The molecule has 0 saturated carbocycles. The van der Waals surface area contributed by atoms with Crippen LogP contribution in [0.25, 0.3) is 65.3 Å². The molecule has 0 fully saturated rings. The molecule has 14 rings (SSSR count). The Bertz CT molecular complexity index is 5090. The Balaban J connectivity index is 0.755. The van der Waals surface area contributed by atoms with Crippen LogP contribution in [0, 0.1) is 0 Å². The second-order valence-corrected chi connectivity index (χ2v) is 23.3. The maximum absolute atomic E-state index is 13.9. The highest BCUT2D eigenvalue weighted by atomic mass is 16.5. The smallest absolute Gasteiger partial charge is 0.339 e. The van der Waals surface area contributed by atoms with Crippen molar-refractivity contribution in [2.24, 2.45) is 0 Å². The molecule has 2 unspecified atom stereocenters. The van der Waals surface area contributed by atoms with E-state index in [-0.39, 0.29) is 11.1 Å². The van der Waals surface area contributed by atoms with Gasteiger partial charge >= 0.3 is 23.9 Å². The van der Waals surface area contributed by atoms with Crippen LogP contribution in [0.3, 0.4) is 0 Å². The molecular formula is C82H58O8. The summed E-state index contributed by atoms with van der Waals surface area (Å²) < 4.78 is 23.4. The van der Waals surface area contributed by atoms with Crippen LogP contribution in [-0.4, -0.2) is 23.9 Å². The molecule has 12 aromatic rings. The summed E-state index contributed by atoms with van der Waals surface area (Å²) in [5.74, 6) is -0.716. The van der Waals surface area contributed by atoms with Crippen molar-refractivity contribution in [2.45, 2.75) is 38.5 Å². The van der Waals surface area contributed by atoms with Crippen LogP contribution in [0.4, 0.5) is 0 Å². The number of allylic oxidation sites excluding steroid dienone is 2. The fourth-order valence-electron chi connectivity index (χ4n) is 13.4. The van der Waals surface area contributed by atoms with E-state index in [1.54, 1.807) is 39.8 Å². The largest absolute Gasteiger partial charge is 0.423 e. The number of ether oxygens (including phenoxy) is 4. The molecule has 0 spiro atoms. The normalized spacial score (nSPS) is 15.6. The Kier molecular flexibility index (Phi) is 14.0. The monoisotopic (exact) mass is 1170 g/mol. The molecule has 8 heteroatoms. The van der Waals surface area contributed by atoms with Gasteiger partial charge in [-0.2, -0.15) is 0 Å². The van der Waals surface area contributed by atoms with E-state index in [9.17, 15) is 19.2 Å². The lowest BCUT2D eigenvalue weighted by molar-refractivity contribution is -0.131. The van der Waals surface area contributed by atoms with Gasteiger partial charge < -0.3 is 18.9 Å². The van der Waals surface area contributed by atoms with Crippen LogP contribution in [0.1, 0.15) is 72.2 Å². The molecule has 8 nitrogen and oxygen atoms in total. The third-order valence-corrected chi connectivity index (χ3v) is 17.7. The molecule has 2 aliphatic carbocycles. The van der Waals surface area contributed by atoms with E-state index < -0.39 is 34.7 Å². The lowest BCUT2D eigenvalue weighted by Gasteiger charge is -2.35. The zero-order valence-corrected chi connectivity index (χ0v) is 49.9. The maximum atomic E-state index is 13.9. The quantitative estimate of drug-likeness (QED) is 0.0487. The van der Waals surface area contributed by atoms with Gasteiger partial charge in [0, 0.05) is 22.3 Å². The molecule has 434 valence electrons. The molecular weight excluding hydrogens is 1110 g/mol. The van der Waals surface area contributed by atoms with Crippen molar-refractivity contribution in [3.63, 3.8) is 0 Å². The standard InChI is InChI=1S/C82H58O8/c1-49(2)77(83)87-63-35-27-59(28-36-63)81(72-44-26-53-15-11-13-21-67(53)75(72)71-46-56-18-8-10-20-58(56)48-74(71)81)60-29-37-65(38-30-60)89-79(85)51(5)23-24-52(6)80(86)90-66-41-33-62(34-42-66)82(61-31-39-64(40-32-61)88-78(84)50(3)4)73-47-57-19-9-7-17-55(57)45-70(73)69-43-25-54-16-12-14-22-68(54)76(69)82/h7-48H,1,3H2,2,4-6H3/b51-23+,52-24+. The summed E-state index contributed by atoms with van der Waals surface area (Å²) in [7, 11) is 0. The Morgan fingerprint density at radius 3 is 1.11 bits per heavy atom. The molecule has 12 aromatic carbocycles. The van der Waals surface area contributed by atoms with E-state index in [1.807, 2.05) is 115 Å². The third kappa shape index (κ3) is 9.40. The van der Waals surface area contributed by atoms with Gasteiger partial charge in [-0.3, -0.25) is 0 Å². The van der Waals surface area contributed by atoms with Crippen LogP contribution >= 0.6 is 0 Å². The lowest BCUT2D eigenvalue weighted by atomic mass is 9.66. The van der Waals surface area contributed by atoms with Crippen LogP contribution in [0.5, 0.6) is 23.0 Å². The molecule has 0 bridgehead atoms. The van der Waals surface area contributed by atoms with Crippen molar-refractivity contribution >= 4 is 67.0 Å². The van der Waals surface area contributed by atoms with Crippen molar-refractivity contribution in [1.82, 2.24) is 0 Å². The van der Waals surface area contributed by atoms with E-state index in [2.05, 4.69) is 141 Å². The first-order chi connectivity index (χ1) is 43.7. The van der Waals surface area contributed by atoms with Crippen molar-refractivity contribution in [2.75, 3.05) is 0 Å². The van der Waals surface area contributed by atoms with Gasteiger partial charge in [-0.25, -0.2) is 19.2 Å². The highest BCUT2D eigenvalue weighted by molar-refractivity contribution is 6.08. The second-order valence-electron chi connectivity index (χ2n) is 23.3. The topological polar surface area (TPSA) is 105 Å². The van der Waals surface area contributed by atoms with Crippen molar-refractivity contribution in [3.05, 3.63) is 335 Å². The Morgan fingerprint density at radius 1 is 0.322 bits per heavy atom. The summed E-state index contributed by atoms with van der Waals surface area (Å²) in [6, 6.07) is 82.0. The molecule has 90 heavy (non-hydrogen) atoms. The Morgan fingerprint density at radius 2 is 0.667 bits per heavy atom. The number of carbonyl (C=O) groups excluding carboxylic acids is 4. The van der Waals surface area contributed by atoms with E-state index in [0.29, 0.717) is 34.1 Å². The third-order valence-electron chi connectivity index (χ3n) is 17.7. The minimum atomic E-state index is -0.871. The van der Waals surface area contributed by atoms with E-state index >= 15 is 0 Å². The first-order valence-corrected chi connectivity index (χ1v) is 29.8. The number of rotatable bonds is 13. The highest BCUT2D eigenvalue weighted by Gasteiger charge is 2.49. The zero-order valence-electron chi connectivity index (χ0n) is 49.9. The zero-order chi connectivity index (χ0) is 62.0. The van der Waals surface area contributed by atoms with Gasteiger partial charge in [0.25, 0.3) is 0 Å². The molecule has 0 N–H and O–H groups in total. The minimum absolute atomic E-state index is 0.265. The van der Waals surface area contributed by atoms with E-state index in [1.165, 1.54) is 0 Å². The molecule has 2 aliphatic rings. The summed E-state index contributed by atoms with van der Waals surface area (Å²) in [5, 5.41) is 8.84. The van der Waals surface area contributed by atoms with Gasteiger partial charge in [0.2, 0.25) is 0 Å². The highest BCUT2D eigenvalue weighted by Crippen LogP contribution is 2.61. The minimum Gasteiger partial charge on any atom is -0.423 e. The number of fused-ring (bicyclic) bond motifs is 12. The van der Waals surface area contributed by atoms with Gasteiger partial charge in [0.1, 0.15) is 23.0 Å². The molecule has 0 amide bonds. The Labute approximate surface area is 520 Å². The average molecular weight is 1170 g/mol. The van der Waals surface area contributed by atoms with E-state index in [0.717, 1.165) is 110 Å². The molecule has 0 aliphatic heterocycles. The number of hydrogen-bond donors (Lipinski definition) is 0. The number of benzene rings is 12. The Hall–Kier alpha value is -11.5. The molecule has 2 atom stereocenters. The number of hydrogen-bond acceptors (Lipinski definition) is 8. The molecule has 0 saturated heterocycles. The van der Waals surface area contributed by atoms with Gasteiger partial charge in [-0.05, 0) is 210 Å². The van der Waals surface area contributed by atoms with Gasteiger partial charge in [0.15, 0.2) is 0 Å². The average Bonchev–Trinajstić information content (AvgIpc) is 1.54. The summed E-state index contributed by atoms with van der Waals surface area (Å²) in [6.45, 7) is 14.0. The van der Waals surface area contributed by atoms with Crippen LogP contribution < -0.4 is 18.9 Å². The molecule has 0 radical (unpaired) electrons. The maximum Gasteiger partial charge on any atom is 0.339 e. The number of esters is 4. The first kappa shape index (κ1) is 56.3. The molecule has 0 aromatic heterocycles. The predicted octanol–water partition coefficient (Wildman–Crippen LogP) is 18.4. The van der Waals surface area contributed by atoms with Crippen LogP contribution in [-0.2, 0) is 30.0 Å². The van der Waals surface area contributed by atoms with Crippen molar-refractivity contribution in [3.8, 4) is 45.3 Å². The second kappa shape index (κ2) is 22.3. The van der Waals surface area contributed by atoms with Crippen molar-refractivity contribution < 1.29 is 38.1 Å². The summed E-state index contributed by atoms with van der Waals surface area (Å²) >= 11 is 0. The fourth-order valence-corrected chi connectivity index (χ4v) is 13.4.